The molecule has 35 heavy (non-hydrogen) atoms. The molecule has 0 bridgehead atoms. The molecule has 1 unspecified atom stereocenters. The number of nitrogens with two attached hydrogens (primary N) is 1. The number of carbonyl (C=O) groups excluding carboxylic acids is 2. The molecule has 3 N–H and O–H groups in total. The van der Waals surface area contributed by atoms with Crippen LogP contribution in [0.25, 0.3) is 10.2 Å². The largest absolute Gasteiger partial charge is 0.434 e. The number of nitrogens with one attached hydrogen (secondary N) is 1. The number of benzene rings is 1. The zero-order valence-electron chi connectivity index (χ0n) is 18.5. The van der Waals surface area contributed by atoms with E-state index in [0.717, 1.165) is 35.3 Å². The highest BCUT2D eigenvalue weighted by Gasteiger charge is 2.39. The molecule has 3 heterocycles. The molecule has 1 atom stereocenters. The SMILES string of the molecule is NC(=O)C(c1ncc(C(=O)NCCCN2CCOCC2)c(C(F)(F)F)n1)c1nc2ccccc2s1. The van der Waals surface area contributed by atoms with Crippen molar-refractivity contribution in [1.82, 2.24) is 25.2 Å². The normalized spacial score (nSPS) is 15.7. The van der Waals surface area contributed by atoms with Crippen molar-refractivity contribution in [3.8, 4) is 0 Å². The maximum atomic E-state index is 13.8. The number of ether oxygens (including phenoxy) is 1. The summed E-state index contributed by atoms with van der Waals surface area (Å²) in [5.41, 5.74) is 3.92. The summed E-state index contributed by atoms with van der Waals surface area (Å²) in [6.45, 7) is 3.69. The molecule has 186 valence electrons. The number of fused-ring (bicyclic) bond motifs is 1. The second kappa shape index (κ2) is 10.6. The van der Waals surface area contributed by atoms with Gasteiger partial charge in [0.1, 0.15) is 16.7 Å². The summed E-state index contributed by atoms with van der Waals surface area (Å²) in [7, 11) is 0. The van der Waals surface area contributed by atoms with Crippen LogP contribution in [0.5, 0.6) is 0 Å². The molecule has 2 aromatic heterocycles. The quantitative estimate of drug-likeness (QED) is 0.447. The van der Waals surface area contributed by atoms with Crippen molar-refractivity contribution in [3.05, 3.63) is 52.6 Å². The van der Waals surface area contributed by atoms with E-state index in [4.69, 9.17) is 10.5 Å². The van der Waals surface area contributed by atoms with Crippen LogP contribution in [-0.4, -0.2) is 71.1 Å². The minimum atomic E-state index is -4.95. The van der Waals surface area contributed by atoms with Gasteiger partial charge in [-0.1, -0.05) is 12.1 Å². The standard InChI is InChI=1S/C22H23F3N6O3S/c23-22(24,25)17-13(20(33)27-6-3-7-31-8-10-34-11-9-31)12-28-19(30-17)16(18(26)32)21-29-14-4-1-2-5-15(14)35-21/h1-2,4-5,12,16H,3,6-11H2,(H2,26,32)(H,27,33). The van der Waals surface area contributed by atoms with Crippen LogP contribution >= 0.6 is 11.3 Å². The number of thiazole rings is 1. The van der Waals surface area contributed by atoms with Crippen molar-refractivity contribution in [2.75, 3.05) is 39.4 Å². The molecule has 9 nitrogen and oxygen atoms in total. The third-order valence-corrected chi connectivity index (χ3v) is 6.56. The van der Waals surface area contributed by atoms with Crippen molar-refractivity contribution in [2.45, 2.75) is 18.5 Å². The zero-order chi connectivity index (χ0) is 25.0. The van der Waals surface area contributed by atoms with Gasteiger partial charge in [0.2, 0.25) is 5.91 Å². The molecule has 0 aliphatic carbocycles. The number of carbonyl (C=O) groups is 2. The number of rotatable bonds is 8. The predicted molar refractivity (Wildman–Crippen MR) is 122 cm³/mol. The molecular formula is C22H23F3N6O3S. The molecule has 0 spiro atoms. The van der Waals surface area contributed by atoms with Crippen molar-refractivity contribution in [1.29, 1.82) is 0 Å². The van der Waals surface area contributed by atoms with E-state index >= 15 is 0 Å². The van der Waals surface area contributed by atoms with Gasteiger partial charge in [-0.2, -0.15) is 13.2 Å². The number of alkyl halides is 3. The van der Waals surface area contributed by atoms with E-state index in [2.05, 4.69) is 25.2 Å². The van der Waals surface area contributed by atoms with Gasteiger partial charge in [0.15, 0.2) is 5.69 Å². The predicted octanol–water partition coefficient (Wildman–Crippen LogP) is 2.17. The zero-order valence-corrected chi connectivity index (χ0v) is 19.4. The highest BCUT2D eigenvalue weighted by molar-refractivity contribution is 7.18. The van der Waals surface area contributed by atoms with Crippen LogP contribution < -0.4 is 11.1 Å². The van der Waals surface area contributed by atoms with E-state index in [1.807, 2.05) is 0 Å². The lowest BCUT2D eigenvalue weighted by atomic mass is 10.1. The third-order valence-electron chi connectivity index (χ3n) is 5.46. The number of amides is 2. The van der Waals surface area contributed by atoms with E-state index in [1.165, 1.54) is 0 Å². The van der Waals surface area contributed by atoms with Crippen LogP contribution in [0, 0.1) is 0 Å². The molecule has 0 radical (unpaired) electrons. The summed E-state index contributed by atoms with van der Waals surface area (Å²) in [4.78, 5) is 38.7. The first-order valence-corrected chi connectivity index (χ1v) is 11.7. The summed E-state index contributed by atoms with van der Waals surface area (Å²) < 4.78 is 47.5. The number of hydrogen-bond donors (Lipinski definition) is 2. The molecule has 13 heteroatoms. The van der Waals surface area contributed by atoms with Gasteiger partial charge in [0, 0.05) is 25.8 Å². The van der Waals surface area contributed by atoms with E-state index in [1.54, 1.807) is 24.3 Å². The van der Waals surface area contributed by atoms with Gasteiger partial charge in [-0.15, -0.1) is 11.3 Å². The third kappa shape index (κ3) is 5.92. The molecule has 1 aliphatic rings. The Hall–Kier alpha value is -3.16. The topological polar surface area (TPSA) is 123 Å². The maximum absolute atomic E-state index is 13.8. The Labute approximate surface area is 202 Å². The monoisotopic (exact) mass is 508 g/mol. The minimum absolute atomic E-state index is 0.173. The van der Waals surface area contributed by atoms with Crippen LogP contribution in [0.3, 0.4) is 0 Å². The summed E-state index contributed by atoms with van der Waals surface area (Å²) in [5.74, 6) is -3.74. The molecule has 1 fully saturated rings. The highest BCUT2D eigenvalue weighted by atomic mass is 32.1. The molecule has 3 aromatic rings. The maximum Gasteiger partial charge on any atom is 0.434 e. The summed E-state index contributed by atoms with van der Waals surface area (Å²) >= 11 is 1.11. The molecule has 4 rings (SSSR count). The fraction of sp³-hybridized carbons (Fsp3) is 0.409. The fourth-order valence-electron chi connectivity index (χ4n) is 3.71. The molecule has 1 aliphatic heterocycles. The first-order chi connectivity index (χ1) is 16.7. The van der Waals surface area contributed by atoms with Gasteiger partial charge in [0.05, 0.1) is 29.0 Å². The van der Waals surface area contributed by atoms with Crippen LogP contribution in [0.15, 0.2) is 30.5 Å². The number of para-hydroxylation sites is 1. The summed E-state index contributed by atoms with van der Waals surface area (Å²) in [6.07, 6.45) is -3.60. The lowest BCUT2D eigenvalue weighted by Gasteiger charge is -2.26. The Bertz CT molecular complexity index is 1180. The molecular weight excluding hydrogens is 485 g/mol. The second-order valence-electron chi connectivity index (χ2n) is 7.91. The van der Waals surface area contributed by atoms with Gasteiger partial charge >= 0.3 is 6.18 Å². The number of aromatic nitrogens is 3. The van der Waals surface area contributed by atoms with E-state index in [-0.39, 0.29) is 11.6 Å². The van der Waals surface area contributed by atoms with Crippen LogP contribution in [0.1, 0.15) is 39.2 Å². The van der Waals surface area contributed by atoms with Crippen molar-refractivity contribution < 1.29 is 27.5 Å². The van der Waals surface area contributed by atoms with Gasteiger partial charge in [0.25, 0.3) is 5.91 Å². The Morgan fingerprint density at radius 3 is 2.63 bits per heavy atom. The average Bonchev–Trinajstić information content (AvgIpc) is 3.25. The summed E-state index contributed by atoms with van der Waals surface area (Å²) in [6, 6.07) is 7.00. The minimum Gasteiger partial charge on any atom is -0.379 e. The van der Waals surface area contributed by atoms with E-state index in [9.17, 15) is 22.8 Å². The van der Waals surface area contributed by atoms with Crippen LogP contribution in [-0.2, 0) is 15.7 Å². The van der Waals surface area contributed by atoms with Crippen LogP contribution in [0.2, 0.25) is 0 Å². The molecule has 0 saturated carbocycles. The van der Waals surface area contributed by atoms with E-state index < -0.39 is 41.0 Å². The van der Waals surface area contributed by atoms with Crippen molar-refractivity contribution in [2.24, 2.45) is 5.73 Å². The fourth-order valence-corrected chi connectivity index (χ4v) is 4.79. The summed E-state index contributed by atoms with van der Waals surface area (Å²) in [5, 5.41) is 2.67. The van der Waals surface area contributed by atoms with Gasteiger partial charge in [-0.05, 0) is 25.1 Å². The van der Waals surface area contributed by atoms with Gasteiger partial charge < -0.3 is 15.8 Å². The number of halogens is 3. The van der Waals surface area contributed by atoms with E-state index in [0.29, 0.717) is 31.7 Å². The second-order valence-corrected chi connectivity index (χ2v) is 8.97. The Morgan fingerprint density at radius 2 is 1.94 bits per heavy atom. The van der Waals surface area contributed by atoms with Gasteiger partial charge in [-0.25, -0.2) is 15.0 Å². The molecule has 1 aromatic carbocycles. The first kappa shape index (κ1) is 24.9. The van der Waals surface area contributed by atoms with Gasteiger partial charge in [-0.3, -0.25) is 14.5 Å². The Kier molecular flexibility index (Phi) is 7.57. The number of nitrogens with zero attached hydrogens (tertiary/aromatic N) is 4. The first-order valence-electron chi connectivity index (χ1n) is 10.9. The number of hydrogen-bond acceptors (Lipinski definition) is 8. The van der Waals surface area contributed by atoms with Crippen molar-refractivity contribution >= 4 is 33.4 Å². The highest BCUT2D eigenvalue weighted by Crippen LogP contribution is 2.34. The number of primary amides is 1. The number of morpholine rings is 1. The Balaban J connectivity index is 1.54. The lowest BCUT2D eigenvalue weighted by Crippen LogP contribution is -2.38. The van der Waals surface area contributed by atoms with Crippen molar-refractivity contribution in [3.63, 3.8) is 0 Å². The lowest BCUT2D eigenvalue weighted by molar-refractivity contribution is -0.142. The molecule has 2 amide bonds. The smallest absolute Gasteiger partial charge is 0.379 e. The van der Waals surface area contributed by atoms with Crippen LogP contribution in [0.4, 0.5) is 13.2 Å². The molecule has 1 saturated heterocycles. The average molecular weight is 509 g/mol. The Morgan fingerprint density at radius 1 is 1.20 bits per heavy atom.